The van der Waals surface area contributed by atoms with E-state index in [1.54, 1.807) is 6.07 Å². The summed E-state index contributed by atoms with van der Waals surface area (Å²) in [6, 6.07) is 7.21. The maximum absolute atomic E-state index is 13.3. The molecule has 2 rings (SSSR count). The van der Waals surface area contributed by atoms with E-state index in [1.165, 1.54) is 24.3 Å². The lowest BCUT2D eigenvalue weighted by Crippen LogP contribution is -2.07. The number of esters is 1. The molecule has 0 amide bonds. The molecule has 0 aromatic heterocycles. The third-order valence-corrected chi connectivity index (χ3v) is 4.39. The number of carbonyl (C=O) groups excluding carboxylic acids is 1. The lowest BCUT2D eigenvalue weighted by atomic mass is 10.2. The van der Waals surface area contributed by atoms with Crippen LogP contribution in [0.15, 0.2) is 34.8 Å². The molecule has 0 aliphatic heterocycles. The van der Waals surface area contributed by atoms with Crippen LogP contribution in [-0.2, 0) is 11.3 Å². The molecule has 2 aromatic rings. The molecular weight excluding hydrogens is 384 g/mol. The molecule has 0 fully saturated rings. The van der Waals surface area contributed by atoms with Gasteiger partial charge in [-0.2, -0.15) is 0 Å². The van der Waals surface area contributed by atoms with Crippen molar-refractivity contribution in [2.24, 2.45) is 0 Å². The van der Waals surface area contributed by atoms with Crippen molar-refractivity contribution in [3.8, 4) is 0 Å². The molecular formula is C14H9BrCl2FNO2. The predicted octanol–water partition coefficient (Wildman–Crippen LogP) is 4.83. The first-order valence-electron chi connectivity index (χ1n) is 5.74. The van der Waals surface area contributed by atoms with Crippen molar-refractivity contribution in [1.29, 1.82) is 0 Å². The lowest BCUT2D eigenvalue weighted by molar-refractivity contribution is 0.0471. The van der Waals surface area contributed by atoms with E-state index in [-0.39, 0.29) is 32.4 Å². The number of carbonyl (C=O) groups is 1. The number of ether oxygens (including phenoxy) is 1. The Morgan fingerprint density at radius 1 is 1.33 bits per heavy atom. The monoisotopic (exact) mass is 391 g/mol. The molecule has 2 aromatic carbocycles. The third kappa shape index (κ3) is 3.67. The summed E-state index contributed by atoms with van der Waals surface area (Å²) in [5.41, 5.74) is 6.50. The molecule has 0 saturated carbocycles. The van der Waals surface area contributed by atoms with Crippen molar-refractivity contribution in [1.82, 2.24) is 0 Å². The van der Waals surface area contributed by atoms with Crippen LogP contribution in [0.4, 0.5) is 10.1 Å². The van der Waals surface area contributed by atoms with Crippen LogP contribution in [0, 0.1) is 5.82 Å². The summed E-state index contributed by atoms with van der Waals surface area (Å²) in [7, 11) is 0. The first-order valence-corrected chi connectivity index (χ1v) is 7.29. The Labute approximate surface area is 138 Å². The van der Waals surface area contributed by atoms with E-state index < -0.39 is 11.8 Å². The highest BCUT2D eigenvalue weighted by molar-refractivity contribution is 9.10. The van der Waals surface area contributed by atoms with Crippen molar-refractivity contribution in [2.45, 2.75) is 6.61 Å². The molecule has 21 heavy (non-hydrogen) atoms. The zero-order chi connectivity index (χ0) is 15.6. The highest BCUT2D eigenvalue weighted by Crippen LogP contribution is 2.30. The molecule has 2 N–H and O–H groups in total. The second-order valence-corrected chi connectivity index (χ2v) is 5.73. The summed E-state index contributed by atoms with van der Waals surface area (Å²) in [6.07, 6.45) is 0. The van der Waals surface area contributed by atoms with Crippen molar-refractivity contribution in [3.05, 3.63) is 61.8 Å². The number of anilines is 1. The molecule has 0 bridgehead atoms. The maximum Gasteiger partial charge on any atom is 0.338 e. The standard InChI is InChI=1S/C14H9BrCl2FNO2/c15-12-7(2-1-3-10(12)18)6-21-14(20)8-4-9(16)13(17)11(19)5-8/h1-5H,6,19H2. The van der Waals surface area contributed by atoms with Gasteiger partial charge in [-0.25, -0.2) is 9.18 Å². The molecule has 7 heteroatoms. The molecule has 0 heterocycles. The van der Waals surface area contributed by atoms with E-state index in [0.717, 1.165) is 0 Å². The van der Waals surface area contributed by atoms with E-state index in [4.69, 9.17) is 33.7 Å². The molecule has 0 saturated heterocycles. The number of rotatable bonds is 3. The van der Waals surface area contributed by atoms with Gasteiger partial charge in [0.05, 0.1) is 25.8 Å². The first-order chi connectivity index (χ1) is 9.90. The highest BCUT2D eigenvalue weighted by Gasteiger charge is 2.14. The Morgan fingerprint density at radius 3 is 2.71 bits per heavy atom. The maximum atomic E-state index is 13.3. The molecule has 0 radical (unpaired) electrons. The summed E-state index contributed by atoms with van der Waals surface area (Å²) >= 11 is 14.8. The highest BCUT2D eigenvalue weighted by atomic mass is 79.9. The Bertz CT molecular complexity index is 686. The Hall–Kier alpha value is -1.30. The van der Waals surface area contributed by atoms with Crippen LogP contribution in [0.2, 0.25) is 10.0 Å². The number of hydrogen-bond acceptors (Lipinski definition) is 3. The molecule has 0 atom stereocenters. The second-order valence-electron chi connectivity index (χ2n) is 4.15. The molecule has 110 valence electrons. The van der Waals surface area contributed by atoms with E-state index in [0.29, 0.717) is 5.56 Å². The molecule has 0 aliphatic rings. The van der Waals surface area contributed by atoms with Crippen LogP contribution in [-0.4, -0.2) is 5.97 Å². The van der Waals surface area contributed by atoms with Crippen LogP contribution in [0.1, 0.15) is 15.9 Å². The van der Waals surface area contributed by atoms with Gasteiger partial charge in [-0.3, -0.25) is 0 Å². The quantitative estimate of drug-likeness (QED) is 0.600. The predicted molar refractivity (Wildman–Crippen MR) is 84.1 cm³/mol. The van der Waals surface area contributed by atoms with E-state index >= 15 is 0 Å². The topological polar surface area (TPSA) is 52.3 Å². The minimum atomic E-state index is -0.628. The van der Waals surface area contributed by atoms with Crippen molar-refractivity contribution >= 4 is 50.8 Å². The zero-order valence-corrected chi connectivity index (χ0v) is 13.6. The zero-order valence-electron chi connectivity index (χ0n) is 10.5. The molecule has 0 aliphatic carbocycles. The summed E-state index contributed by atoms with van der Waals surface area (Å²) in [4.78, 5) is 11.9. The largest absolute Gasteiger partial charge is 0.457 e. The van der Waals surface area contributed by atoms with Crippen molar-refractivity contribution in [2.75, 3.05) is 5.73 Å². The van der Waals surface area contributed by atoms with Crippen molar-refractivity contribution in [3.63, 3.8) is 0 Å². The fraction of sp³-hybridized carbons (Fsp3) is 0.0714. The number of hydrogen-bond donors (Lipinski definition) is 1. The first kappa shape index (κ1) is 16.1. The van der Waals surface area contributed by atoms with Gasteiger partial charge in [0.1, 0.15) is 12.4 Å². The van der Waals surface area contributed by atoms with Crippen LogP contribution < -0.4 is 5.73 Å². The van der Waals surface area contributed by atoms with Crippen molar-refractivity contribution < 1.29 is 13.9 Å². The van der Waals surface area contributed by atoms with Gasteiger partial charge in [-0.05, 0) is 34.1 Å². The summed E-state index contributed by atoms with van der Waals surface area (Å²) in [6.45, 7) is -0.0860. The summed E-state index contributed by atoms with van der Waals surface area (Å²) in [5.74, 6) is -1.06. The number of halogens is 4. The van der Waals surface area contributed by atoms with Gasteiger partial charge in [0.2, 0.25) is 0 Å². The van der Waals surface area contributed by atoms with Crippen LogP contribution in [0.5, 0.6) is 0 Å². The summed E-state index contributed by atoms with van der Waals surface area (Å²) < 4.78 is 18.7. The van der Waals surface area contributed by atoms with Crippen LogP contribution >= 0.6 is 39.1 Å². The Morgan fingerprint density at radius 2 is 2.05 bits per heavy atom. The van der Waals surface area contributed by atoms with Gasteiger partial charge in [0, 0.05) is 5.56 Å². The van der Waals surface area contributed by atoms with Gasteiger partial charge in [-0.15, -0.1) is 0 Å². The minimum Gasteiger partial charge on any atom is -0.457 e. The minimum absolute atomic E-state index is 0.0860. The van der Waals surface area contributed by atoms with Gasteiger partial charge in [0.25, 0.3) is 0 Å². The van der Waals surface area contributed by atoms with E-state index in [9.17, 15) is 9.18 Å². The van der Waals surface area contributed by atoms with E-state index in [1.807, 2.05) is 0 Å². The van der Waals surface area contributed by atoms with E-state index in [2.05, 4.69) is 15.9 Å². The third-order valence-electron chi connectivity index (χ3n) is 2.68. The van der Waals surface area contributed by atoms with Gasteiger partial charge in [0.15, 0.2) is 0 Å². The van der Waals surface area contributed by atoms with Crippen LogP contribution in [0.3, 0.4) is 0 Å². The Balaban J connectivity index is 2.14. The number of nitrogens with two attached hydrogens (primary N) is 1. The molecule has 3 nitrogen and oxygen atoms in total. The lowest BCUT2D eigenvalue weighted by Gasteiger charge is -2.09. The SMILES string of the molecule is Nc1cc(C(=O)OCc2cccc(F)c2Br)cc(Cl)c1Cl. The Kier molecular flexibility index (Phi) is 5.08. The fourth-order valence-electron chi connectivity index (χ4n) is 1.61. The van der Waals surface area contributed by atoms with Gasteiger partial charge < -0.3 is 10.5 Å². The van der Waals surface area contributed by atoms with Crippen LogP contribution in [0.25, 0.3) is 0 Å². The number of nitrogen functional groups attached to an aromatic ring is 1. The summed E-state index contributed by atoms with van der Waals surface area (Å²) in [5, 5.41) is 0.344. The second kappa shape index (κ2) is 6.64. The molecule has 0 spiro atoms. The average molecular weight is 393 g/mol. The normalized spacial score (nSPS) is 10.5. The smallest absolute Gasteiger partial charge is 0.338 e. The average Bonchev–Trinajstić information content (AvgIpc) is 2.45. The fourth-order valence-corrected chi connectivity index (χ4v) is 2.33. The number of benzene rings is 2. The van der Waals surface area contributed by atoms with Gasteiger partial charge in [-0.1, -0.05) is 35.3 Å². The van der Waals surface area contributed by atoms with Gasteiger partial charge >= 0.3 is 5.97 Å². The molecule has 0 unspecified atom stereocenters.